The van der Waals surface area contributed by atoms with Crippen LogP contribution in [0.5, 0.6) is 11.5 Å². The summed E-state index contributed by atoms with van der Waals surface area (Å²) < 4.78 is 65.4. The van der Waals surface area contributed by atoms with Crippen LogP contribution in [0.15, 0.2) is 91.0 Å². The predicted molar refractivity (Wildman–Crippen MR) is 206 cm³/mol. The molecule has 0 bridgehead atoms. The molecule has 5 aromatic carbocycles. The summed E-state index contributed by atoms with van der Waals surface area (Å²) in [5, 5.41) is 13.5. The van der Waals surface area contributed by atoms with Crippen molar-refractivity contribution in [2.45, 2.75) is 57.8 Å². The molecular weight excluding hydrogens is 714 g/mol. The van der Waals surface area contributed by atoms with E-state index in [2.05, 4.69) is 40.5 Å². The highest BCUT2D eigenvalue weighted by Gasteiger charge is 2.41. The lowest BCUT2D eigenvalue weighted by atomic mass is 9.92. The number of carbonyl (C=O) groups excluding carboxylic acids is 1. The van der Waals surface area contributed by atoms with Crippen LogP contribution in [-0.2, 0) is 17.8 Å². The van der Waals surface area contributed by atoms with Gasteiger partial charge in [-0.05, 0) is 102 Å². The number of fused-ring (bicyclic) bond motifs is 1. The van der Waals surface area contributed by atoms with Crippen LogP contribution in [0.2, 0.25) is 0 Å². The summed E-state index contributed by atoms with van der Waals surface area (Å²) in [6.07, 6.45) is -0.134. The van der Waals surface area contributed by atoms with Gasteiger partial charge in [0.05, 0.1) is 25.3 Å². The molecule has 6 rings (SSSR count). The van der Waals surface area contributed by atoms with Gasteiger partial charge in [-0.1, -0.05) is 73.2 Å². The normalized spacial score (nSPS) is 13.7. The molecule has 0 radical (unpaired) electrons. The van der Waals surface area contributed by atoms with Gasteiger partial charge in [-0.3, -0.25) is 14.5 Å². The second-order valence-electron chi connectivity index (χ2n) is 13.5. The molecular formula is C43H45F4N3O5. The monoisotopic (exact) mass is 759 g/mol. The van der Waals surface area contributed by atoms with Gasteiger partial charge in [0.1, 0.15) is 23.4 Å². The summed E-state index contributed by atoms with van der Waals surface area (Å²) in [5.41, 5.74) is 8.96. The number of hydrogen-bond acceptors (Lipinski definition) is 6. The van der Waals surface area contributed by atoms with Crippen molar-refractivity contribution >= 4 is 28.3 Å². The van der Waals surface area contributed by atoms with E-state index in [9.17, 15) is 27.2 Å². The molecule has 0 aromatic heterocycles. The maximum atomic E-state index is 13.9. The van der Waals surface area contributed by atoms with E-state index >= 15 is 0 Å². The fourth-order valence-corrected chi connectivity index (χ4v) is 7.06. The molecule has 290 valence electrons. The van der Waals surface area contributed by atoms with Crippen LogP contribution in [-0.4, -0.2) is 55.4 Å². The predicted octanol–water partition coefficient (Wildman–Crippen LogP) is 9.48. The van der Waals surface area contributed by atoms with Gasteiger partial charge in [0.15, 0.2) is 0 Å². The van der Waals surface area contributed by atoms with Gasteiger partial charge in [0, 0.05) is 18.7 Å². The van der Waals surface area contributed by atoms with E-state index in [4.69, 9.17) is 20.3 Å². The summed E-state index contributed by atoms with van der Waals surface area (Å²) in [4.78, 5) is 24.7. The molecule has 12 heteroatoms. The van der Waals surface area contributed by atoms with Crippen LogP contribution < -0.4 is 20.5 Å². The lowest BCUT2D eigenvalue weighted by Gasteiger charge is -2.27. The van der Waals surface area contributed by atoms with Crippen molar-refractivity contribution in [2.75, 3.05) is 32.6 Å². The van der Waals surface area contributed by atoms with Gasteiger partial charge in [-0.2, -0.15) is 13.2 Å². The zero-order valence-corrected chi connectivity index (χ0v) is 31.0. The molecule has 8 nitrogen and oxygen atoms in total. The highest BCUT2D eigenvalue weighted by atomic mass is 19.4. The van der Waals surface area contributed by atoms with E-state index in [-0.39, 0.29) is 28.8 Å². The highest BCUT2D eigenvalue weighted by molar-refractivity contribution is 6.01. The van der Waals surface area contributed by atoms with E-state index in [0.717, 1.165) is 64.7 Å². The minimum atomic E-state index is -4.58. The Labute approximate surface area is 317 Å². The maximum absolute atomic E-state index is 13.9. The third-order valence-electron chi connectivity index (χ3n) is 9.62. The SMILES string of the molecule is COc1cc(CN2CCCCC2)cc(OC)c1-c1cccc2c(CCC(=O)O)cccc12.Cc1cc(NC(c2ccccc2)C(F)(F)F)cc(F)c1C(N)=O. The molecule has 1 aliphatic heterocycles. The number of nitrogens with zero attached hydrogens (tertiary/aromatic N) is 1. The third-order valence-corrected chi connectivity index (χ3v) is 9.62. The number of nitrogens with two attached hydrogens (primary N) is 1. The number of hydrogen-bond donors (Lipinski definition) is 3. The van der Waals surface area contributed by atoms with Crippen molar-refractivity contribution < 1.29 is 41.7 Å². The van der Waals surface area contributed by atoms with Crippen LogP contribution in [0.25, 0.3) is 21.9 Å². The van der Waals surface area contributed by atoms with E-state index in [1.807, 2.05) is 18.2 Å². The molecule has 1 fully saturated rings. The van der Waals surface area contributed by atoms with Gasteiger partial charge in [0.25, 0.3) is 5.91 Å². The average molecular weight is 760 g/mol. The Balaban J connectivity index is 0.000000223. The second-order valence-corrected chi connectivity index (χ2v) is 13.5. The number of benzene rings is 5. The van der Waals surface area contributed by atoms with Crippen molar-refractivity contribution in [3.63, 3.8) is 0 Å². The number of alkyl halides is 3. The van der Waals surface area contributed by atoms with Gasteiger partial charge in [-0.15, -0.1) is 0 Å². The van der Waals surface area contributed by atoms with E-state index in [0.29, 0.717) is 6.42 Å². The molecule has 1 heterocycles. The summed E-state index contributed by atoms with van der Waals surface area (Å²) >= 11 is 0. The number of methoxy groups -OCH3 is 2. The lowest BCUT2D eigenvalue weighted by Crippen LogP contribution is -2.29. The number of carboxylic acids is 1. The van der Waals surface area contributed by atoms with Crippen LogP contribution in [0.1, 0.15) is 64.3 Å². The van der Waals surface area contributed by atoms with Crippen molar-refractivity contribution in [2.24, 2.45) is 5.73 Å². The molecule has 1 saturated heterocycles. The van der Waals surface area contributed by atoms with E-state index in [1.165, 1.54) is 62.1 Å². The van der Waals surface area contributed by atoms with Gasteiger partial charge >= 0.3 is 12.1 Å². The van der Waals surface area contributed by atoms with Crippen molar-refractivity contribution in [3.05, 3.63) is 125 Å². The number of nitrogens with one attached hydrogen (secondary N) is 1. The van der Waals surface area contributed by atoms with Gasteiger partial charge in [0.2, 0.25) is 0 Å². The molecule has 1 aliphatic rings. The first kappa shape index (κ1) is 40.6. The van der Waals surface area contributed by atoms with Crippen LogP contribution in [0.3, 0.4) is 0 Å². The summed E-state index contributed by atoms with van der Waals surface area (Å²) in [6, 6.07) is 23.8. The highest BCUT2D eigenvalue weighted by Crippen LogP contribution is 2.43. The number of anilines is 1. The Morgan fingerprint density at radius 3 is 2.09 bits per heavy atom. The van der Waals surface area contributed by atoms with Crippen molar-refractivity contribution in [1.29, 1.82) is 0 Å². The summed E-state index contributed by atoms with van der Waals surface area (Å²) in [6.45, 7) is 4.56. The van der Waals surface area contributed by atoms with Crippen molar-refractivity contribution in [3.8, 4) is 22.6 Å². The standard InChI is InChI=1S/C27H31NO4.C16H14F4N2O/c1-31-24-16-19(18-28-14-4-3-5-15-28)17-25(32-2)27(24)23-11-7-9-21-20(12-13-26(29)30)8-6-10-22(21)23;1-9-7-11(8-12(17)13(9)15(21)23)22-14(16(18,19)20)10-5-3-2-4-6-10/h6-11,16-17H,3-5,12-15,18H2,1-2H3,(H,29,30);2-8,14,22H,1H3,(H2,21,23). The third kappa shape index (κ3) is 10.1. The Morgan fingerprint density at radius 2 is 1.51 bits per heavy atom. The molecule has 4 N–H and O–H groups in total. The first-order valence-electron chi connectivity index (χ1n) is 18.0. The van der Waals surface area contributed by atoms with Crippen LogP contribution >= 0.6 is 0 Å². The van der Waals surface area contributed by atoms with Gasteiger partial charge < -0.3 is 25.6 Å². The van der Waals surface area contributed by atoms with Crippen LogP contribution in [0, 0.1) is 12.7 Å². The Kier molecular flexibility index (Phi) is 13.4. The van der Waals surface area contributed by atoms with E-state index in [1.54, 1.807) is 20.3 Å². The minimum Gasteiger partial charge on any atom is -0.496 e. The first-order valence-corrected chi connectivity index (χ1v) is 18.0. The number of ether oxygens (including phenoxy) is 2. The molecule has 1 amide bonds. The number of primary amides is 1. The molecule has 55 heavy (non-hydrogen) atoms. The number of aliphatic carboxylic acids is 1. The lowest BCUT2D eigenvalue weighted by molar-refractivity contribution is -0.144. The zero-order chi connectivity index (χ0) is 39.7. The fraction of sp³-hybridized carbons (Fsp3) is 0.302. The fourth-order valence-electron chi connectivity index (χ4n) is 7.06. The molecule has 0 spiro atoms. The average Bonchev–Trinajstić information content (AvgIpc) is 3.15. The Morgan fingerprint density at radius 1 is 0.873 bits per heavy atom. The zero-order valence-electron chi connectivity index (χ0n) is 31.0. The molecule has 0 saturated carbocycles. The topological polar surface area (TPSA) is 114 Å². The second kappa shape index (κ2) is 18.1. The number of likely N-dealkylation sites (tertiary alicyclic amines) is 1. The number of amides is 1. The van der Waals surface area contributed by atoms with Crippen LogP contribution in [0.4, 0.5) is 23.2 Å². The number of carbonyl (C=O) groups is 2. The largest absolute Gasteiger partial charge is 0.496 e. The summed E-state index contributed by atoms with van der Waals surface area (Å²) in [5.74, 6) is -1.14. The van der Waals surface area contributed by atoms with Crippen molar-refractivity contribution in [1.82, 2.24) is 4.90 Å². The van der Waals surface area contributed by atoms with Gasteiger partial charge in [-0.25, -0.2) is 4.39 Å². The summed E-state index contributed by atoms with van der Waals surface area (Å²) in [7, 11) is 3.40. The smallest absolute Gasteiger partial charge is 0.412 e. The number of carboxylic acid groups (broad SMARTS) is 1. The number of rotatable bonds is 12. The van der Waals surface area contributed by atoms with E-state index < -0.39 is 29.9 Å². The number of piperidine rings is 1. The Hall–Kier alpha value is -5.62. The number of halogens is 4. The maximum Gasteiger partial charge on any atom is 0.412 e. The minimum absolute atomic E-state index is 0.00274. The molecule has 0 aliphatic carbocycles. The molecule has 1 atom stereocenters. The molecule has 1 unspecified atom stereocenters. The Bertz CT molecular complexity index is 2070. The number of aryl methyl sites for hydroxylation is 2. The quantitative estimate of drug-likeness (QED) is 0.109. The molecule has 5 aromatic rings. The first-order chi connectivity index (χ1) is 26.3.